The number of aromatic nitrogens is 2. The lowest BCUT2D eigenvalue weighted by atomic mass is 9.96. The third-order valence-electron chi connectivity index (χ3n) is 5.23. The van der Waals surface area contributed by atoms with Crippen LogP contribution in [-0.2, 0) is 30.7 Å². The van der Waals surface area contributed by atoms with Gasteiger partial charge in [0.1, 0.15) is 5.00 Å². The van der Waals surface area contributed by atoms with Gasteiger partial charge in [-0.2, -0.15) is 5.10 Å². The van der Waals surface area contributed by atoms with Crippen LogP contribution in [0.2, 0.25) is 0 Å². The first-order valence-electron chi connectivity index (χ1n) is 9.84. The first-order valence-corrected chi connectivity index (χ1v) is 11.1. The van der Waals surface area contributed by atoms with Crippen LogP contribution in [0.25, 0.3) is 0 Å². The molecule has 0 bridgehead atoms. The molecule has 28 heavy (non-hydrogen) atoms. The summed E-state index contributed by atoms with van der Waals surface area (Å²) in [6.07, 6.45) is 8.54. The van der Waals surface area contributed by atoms with E-state index in [0.717, 1.165) is 54.0 Å². The van der Waals surface area contributed by atoms with Crippen LogP contribution in [0.5, 0.6) is 0 Å². The summed E-state index contributed by atoms with van der Waals surface area (Å²) >= 11 is 7.13. The molecule has 0 fully saturated rings. The zero-order valence-electron chi connectivity index (χ0n) is 16.8. The number of anilines is 1. The number of ether oxygens (including phenoxy) is 1. The van der Waals surface area contributed by atoms with E-state index in [1.54, 1.807) is 11.3 Å². The van der Waals surface area contributed by atoms with Crippen LogP contribution in [0, 0.1) is 6.92 Å². The molecule has 0 amide bonds. The molecule has 3 rings (SSSR count). The van der Waals surface area contributed by atoms with Crippen molar-refractivity contribution in [3.8, 4) is 0 Å². The Hall–Kier alpha value is -1.93. The number of nitrogens with one attached hydrogen (secondary N) is 2. The fourth-order valence-electron chi connectivity index (χ4n) is 3.63. The Morgan fingerprint density at radius 1 is 1.32 bits per heavy atom. The summed E-state index contributed by atoms with van der Waals surface area (Å²) in [4.78, 5) is 13.8. The summed E-state index contributed by atoms with van der Waals surface area (Å²) in [6.45, 7) is 5.56. The van der Waals surface area contributed by atoms with Gasteiger partial charge in [0.15, 0.2) is 5.11 Å². The third kappa shape index (κ3) is 4.55. The summed E-state index contributed by atoms with van der Waals surface area (Å²) < 4.78 is 7.03. The van der Waals surface area contributed by atoms with Crippen molar-refractivity contribution in [1.29, 1.82) is 0 Å². The largest absolute Gasteiger partial charge is 0.465 e. The summed E-state index contributed by atoms with van der Waals surface area (Å²) in [6, 6.07) is 0. The Labute approximate surface area is 175 Å². The number of hydrogen-bond donors (Lipinski definition) is 2. The minimum absolute atomic E-state index is 0.288. The second-order valence-corrected chi connectivity index (χ2v) is 8.51. The molecule has 2 aromatic heterocycles. The Morgan fingerprint density at radius 2 is 2.07 bits per heavy atom. The third-order valence-corrected chi connectivity index (χ3v) is 6.69. The van der Waals surface area contributed by atoms with Gasteiger partial charge in [-0.15, -0.1) is 11.3 Å². The predicted octanol–water partition coefficient (Wildman–Crippen LogP) is 4.21. The van der Waals surface area contributed by atoms with Crippen molar-refractivity contribution in [2.75, 3.05) is 12.4 Å². The lowest BCUT2D eigenvalue weighted by Gasteiger charge is -2.12. The number of hydrogen-bond acceptors (Lipinski definition) is 5. The average molecular weight is 421 g/mol. The van der Waals surface area contributed by atoms with Gasteiger partial charge in [-0.1, -0.05) is 12.8 Å². The van der Waals surface area contributed by atoms with E-state index in [0.29, 0.717) is 17.2 Å². The van der Waals surface area contributed by atoms with Crippen molar-refractivity contribution in [2.45, 2.75) is 65.5 Å². The van der Waals surface area contributed by atoms with Crippen molar-refractivity contribution >= 4 is 39.6 Å². The molecule has 0 saturated heterocycles. The Kier molecular flexibility index (Phi) is 7.07. The van der Waals surface area contributed by atoms with Gasteiger partial charge in [0.25, 0.3) is 0 Å². The van der Waals surface area contributed by atoms with Gasteiger partial charge in [-0.3, -0.25) is 4.68 Å². The predicted molar refractivity (Wildman–Crippen MR) is 117 cm³/mol. The summed E-state index contributed by atoms with van der Waals surface area (Å²) in [5.41, 5.74) is 4.04. The van der Waals surface area contributed by atoms with Crippen LogP contribution in [0.1, 0.15) is 64.7 Å². The Bertz CT molecular complexity index is 857. The molecule has 0 saturated carbocycles. The zero-order valence-corrected chi connectivity index (χ0v) is 18.4. The molecule has 0 unspecified atom stereocenters. The number of fused-ring (bicyclic) bond motifs is 1. The van der Waals surface area contributed by atoms with Gasteiger partial charge in [0.05, 0.1) is 18.9 Å². The standard InChI is InChI=1S/C20H28N4O2S2/c1-4-24-13(2)14(12-22-24)11-21-20(27)23-18-17(19(25)26-3)15-9-7-5-6-8-10-16(15)28-18/h12H,4-11H2,1-3H3,(H2,21,23,27). The molecule has 2 N–H and O–H groups in total. The van der Waals surface area contributed by atoms with Crippen molar-refractivity contribution in [2.24, 2.45) is 0 Å². The Balaban J connectivity index is 1.74. The molecule has 152 valence electrons. The second-order valence-electron chi connectivity index (χ2n) is 6.99. The smallest absolute Gasteiger partial charge is 0.341 e. The molecule has 0 aliphatic heterocycles. The van der Waals surface area contributed by atoms with Gasteiger partial charge < -0.3 is 15.4 Å². The summed E-state index contributed by atoms with van der Waals surface area (Å²) in [5.74, 6) is -0.288. The van der Waals surface area contributed by atoms with Gasteiger partial charge in [0.2, 0.25) is 0 Å². The lowest BCUT2D eigenvalue weighted by Crippen LogP contribution is -2.28. The van der Waals surface area contributed by atoms with E-state index >= 15 is 0 Å². The molecule has 0 atom stereocenters. The number of rotatable bonds is 5. The highest BCUT2D eigenvalue weighted by Crippen LogP contribution is 2.37. The topological polar surface area (TPSA) is 68.2 Å². The minimum Gasteiger partial charge on any atom is -0.465 e. The SMILES string of the molecule is CCn1ncc(CNC(=S)Nc2sc3c(c2C(=O)OC)CCCCCC3)c1C. The molecule has 0 radical (unpaired) electrons. The van der Waals surface area contributed by atoms with E-state index in [4.69, 9.17) is 17.0 Å². The van der Waals surface area contributed by atoms with Crippen molar-refractivity contribution in [3.63, 3.8) is 0 Å². The Morgan fingerprint density at radius 3 is 2.75 bits per heavy atom. The first-order chi connectivity index (χ1) is 13.5. The molecular weight excluding hydrogens is 392 g/mol. The molecule has 1 aliphatic carbocycles. The summed E-state index contributed by atoms with van der Waals surface area (Å²) in [7, 11) is 1.43. The van der Waals surface area contributed by atoms with E-state index in [-0.39, 0.29) is 5.97 Å². The number of carbonyl (C=O) groups is 1. The van der Waals surface area contributed by atoms with Gasteiger partial charge in [-0.25, -0.2) is 4.79 Å². The number of thiophene rings is 1. The van der Waals surface area contributed by atoms with E-state index in [1.165, 1.54) is 24.8 Å². The molecule has 2 heterocycles. The quantitative estimate of drug-likeness (QED) is 0.558. The second kappa shape index (κ2) is 9.52. The highest BCUT2D eigenvalue weighted by atomic mass is 32.1. The van der Waals surface area contributed by atoms with Crippen LogP contribution < -0.4 is 10.6 Å². The number of carbonyl (C=O) groups excluding carboxylic acids is 1. The van der Waals surface area contributed by atoms with Crippen molar-refractivity contribution < 1.29 is 9.53 Å². The average Bonchev–Trinajstić information content (AvgIpc) is 3.19. The van der Waals surface area contributed by atoms with Crippen molar-refractivity contribution in [3.05, 3.63) is 33.5 Å². The van der Waals surface area contributed by atoms with Crippen LogP contribution >= 0.6 is 23.6 Å². The maximum atomic E-state index is 12.5. The molecule has 1 aliphatic rings. The van der Waals surface area contributed by atoms with Crippen molar-refractivity contribution in [1.82, 2.24) is 15.1 Å². The lowest BCUT2D eigenvalue weighted by molar-refractivity contribution is 0.0601. The van der Waals surface area contributed by atoms with Gasteiger partial charge >= 0.3 is 5.97 Å². The number of esters is 1. The number of nitrogens with zero attached hydrogens (tertiary/aromatic N) is 2. The van der Waals surface area contributed by atoms with E-state index < -0.39 is 0 Å². The fraction of sp³-hybridized carbons (Fsp3) is 0.550. The van der Waals surface area contributed by atoms with Gasteiger partial charge in [0, 0.05) is 29.2 Å². The minimum atomic E-state index is -0.288. The maximum Gasteiger partial charge on any atom is 0.341 e. The van der Waals surface area contributed by atoms with E-state index in [2.05, 4.69) is 29.6 Å². The van der Waals surface area contributed by atoms with Gasteiger partial charge in [-0.05, 0) is 57.3 Å². The fourth-order valence-corrected chi connectivity index (χ4v) is 5.15. The molecule has 0 spiro atoms. The number of thiocarbonyl (C=S) groups is 1. The highest BCUT2D eigenvalue weighted by molar-refractivity contribution is 7.80. The van der Waals surface area contributed by atoms with Crippen LogP contribution in [0.4, 0.5) is 5.00 Å². The van der Waals surface area contributed by atoms with Crippen LogP contribution in [0.3, 0.4) is 0 Å². The van der Waals surface area contributed by atoms with Crippen LogP contribution in [0.15, 0.2) is 6.20 Å². The maximum absolute atomic E-state index is 12.5. The number of methoxy groups -OCH3 is 1. The molecule has 8 heteroatoms. The monoisotopic (exact) mass is 420 g/mol. The molecule has 6 nitrogen and oxygen atoms in total. The van der Waals surface area contributed by atoms with E-state index in [9.17, 15) is 4.79 Å². The summed E-state index contributed by atoms with van der Waals surface area (Å²) in [5, 5.41) is 12.1. The van der Waals surface area contributed by atoms with Crippen LogP contribution in [-0.4, -0.2) is 28.0 Å². The normalized spacial score (nSPS) is 14.0. The van der Waals surface area contributed by atoms with E-state index in [1.807, 2.05) is 10.9 Å². The first kappa shape index (κ1) is 20.8. The molecular formula is C20H28N4O2S2. The molecule has 2 aromatic rings. The number of aryl methyl sites for hydroxylation is 2. The highest BCUT2D eigenvalue weighted by Gasteiger charge is 2.25. The zero-order chi connectivity index (χ0) is 20.1. The molecule has 0 aromatic carbocycles.